The number of aromatic hydroxyl groups is 2. The normalized spacial score (nSPS) is 30.7. The number of nitrogens with two attached hydrogens (primary N) is 1. The first kappa shape index (κ1) is 35.4. The molecule has 1 spiro atoms. The van der Waals surface area contributed by atoms with Crippen LogP contribution in [0.2, 0.25) is 0 Å². The Bertz CT molecular complexity index is 1660. The summed E-state index contributed by atoms with van der Waals surface area (Å²) in [6.07, 6.45) is 9.98. The highest BCUT2D eigenvalue weighted by Crippen LogP contribution is 2.55. The van der Waals surface area contributed by atoms with Crippen LogP contribution in [0.4, 0.5) is 0 Å². The number of methoxy groups -OCH3 is 2. The molecule has 6 rings (SSSR count). The number of allylic oxidation sites excluding steroid dienone is 3. The number of piperidine rings is 1. The monoisotopic (exact) mass is 691 g/mol. The molecule has 2 saturated heterocycles. The van der Waals surface area contributed by atoms with Crippen LogP contribution < -0.4 is 30.6 Å². The molecule has 12 heteroatoms. The predicted octanol–water partition coefficient (Wildman–Crippen LogP) is 4.05. The minimum absolute atomic E-state index is 0.0758. The second kappa shape index (κ2) is 14.8. The van der Waals surface area contributed by atoms with Crippen LogP contribution in [0, 0.1) is 17.3 Å². The van der Waals surface area contributed by atoms with Crippen LogP contribution >= 0.6 is 0 Å². The van der Waals surface area contributed by atoms with Crippen molar-refractivity contribution in [2.24, 2.45) is 23.0 Å². The van der Waals surface area contributed by atoms with Crippen molar-refractivity contribution < 1.29 is 44.2 Å². The highest BCUT2D eigenvalue weighted by Gasteiger charge is 2.57. The summed E-state index contributed by atoms with van der Waals surface area (Å²) in [6, 6.07) is 8.40. The van der Waals surface area contributed by atoms with Crippen molar-refractivity contribution in [3.05, 3.63) is 77.2 Å². The van der Waals surface area contributed by atoms with E-state index >= 15 is 0 Å². The van der Waals surface area contributed by atoms with Crippen molar-refractivity contribution in [3.8, 4) is 28.7 Å². The molecule has 2 fully saturated rings. The van der Waals surface area contributed by atoms with Gasteiger partial charge in [0, 0.05) is 36.4 Å². The summed E-state index contributed by atoms with van der Waals surface area (Å²) < 4.78 is 23.7. The predicted molar refractivity (Wildman–Crippen MR) is 186 cm³/mol. The van der Waals surface area contributed by atoms with E-state index in [-0.39, 0.29) is 53.7 Å². The van der Waals surface area contributed by atoms with Crippen LogP contribution in [0.25, 0.3) is 0 Å². The van der Waals surface area contributed by atoms with Crippen molar-refractivity contribution in [1.29, 1.82) is 0 Å². The molecule has 12 nitrogen and oxygen atoms in total. The van der Waals surface area contributed by atoms with Crippen LogP contribution in [-0.2, 0) is 16.0 Å². The van der Waals surface area contributed by atoms with E-state index in [9.17, 15) is 25.2 Å². The van der Waals surface area contributed by atoms with Crippen molar-refractivity contribution in [2.75, 3.05) is 27.4 Å². The molecule has 0 amide bonds. The zero-order valence-electron chi connectivity index (χ0n) is 28.8. The minimum Gasteiger partial charge on any atom is -0.504 e. The van der Waals surface area contributed by atoms with E-state index in [4.69, 9.17) is 24.7 Å². The number of rotatable bonds is 11. The van der Waals surface area contributed by atoms with E-state index in [0.717, 1.165) is 17.6 Å². The fourth-order valence-electron chi connectivity index (χ4n) is 8.29. The molecule has 50 heavy (non-hydrogen) atoms. The van der Waals surface area contributed by atoms with Gasteiger partial charge in [-0.05, 0) is 86.1 Å². The van der Waals surface area contributed by atoms with Crippen LogP contribution in [0.1, 0.15) is 56.3 Å². The zero-order valence-corrected chi connectivity index (χ0v) is 28.8. The molecule has 8 N–H and O–H groups in total. The maximum absolute atomic E-state index is 12.8. The molecule has 3 aliphatic heterocycles. The third kappa shape index (κ3) is 7.10. The molecule has 0 saturated carbocycles. The number of phenols is 2. The van der Waals surface area contributed by atoms with Gasteiger partial charge in [-0.3, -0.25) is 4.79 Å². The van der Waals surface area contributed by atoms with Gasteiger partial charge < -0.3 is 55.7 Å². The Balaban J connectivity index is 1.23. The Hall–Kier alpha value is -4.39. The Morgan fingerprint density at radius 3 is 2.60 bits per heavy atom. The number of hydrogen-bond acceptors (Lipinski definition) is 11. The quantitative estimate of drug-likeness (QED) is 0.168. The Morgan fingerprint density at radius 2 is 1.86 bits per heavy atom. The van der Waals surface area contributed by atoms with Gasteiger partial charge in [0.15, 0.2) is 23.0 Å². The number of ether oxygens (including phenoxy) is 4. The summed E-state index contributed by atoms with van der Waals surface area (Å²) in [5, 5.41) is 49.3. The Morgan fingerprint density at radius 1 is 1.08 bits per heavy atom. The van der Waals surface area contributed by atoms with Gasteiger partial charge >= 0.3 is 5.97 Å². The lowest BCUT2D eigenvalue weighted by Gasteiger charge is -2.50. The summed E-state index contributed by atoms with van der Waals surface area (Å²) >= 11 is 0. The second-order valence-electron chi connectivity index (χ2n) is 13.9. The molecule has 0 radical (unpaired) electrons. The number of benzene rings is 2. The molecule has 8 atom stereocenters. The standard InChI is InChI=1S/C38H49N3O9/c1-21-10-12-38(27(7-8-28(38)37(45)46)23-11-13-40-35(39)17-23)34(41-21)20-49-33-16-24(15-32(48-3)36(33)44)30-19-25(42)18-26(50-30)6-4-22-5-9-29(43)31(14-22)47-2/h5,7-9,11,14-17,21,25-28,30,34,40-44H,4,6,10,12-13,18-20,39H2,1-3H3,(H,45,46)/t21-,25+,26+,27+,28+,30+,34-,38+/m1/s1. The number of dihydropyridines is 1. The number of carbonyl (C=O) groups is 1. The average molecular weight is 692 g/mol. The topological polar surface area (TPSA) is 185 Å². The summed E-state index contributed by atoms with van der Waals surface area (Å²) in [5.74, 6) is -0.606. The van der Waals surface area contributed by atoms with Crippen molar-refractivity contribution in [2.45, 2.75) is 75.8 Å². The fourth-order valence-corrected chi connectivity index (χ4v) is 8.29. The molecule has 0 aromatic heterocycles. The zero-order chi connectivity index (χ0) is 35.6. The lowest BCUT2D eigenvalue weighted by atomic mass is 9.59. The first-order chi connectivity index (χ1) is 24.0. The SMILES string of the molecule is COc1cc(CC[C@H]2C[C@H](O)C[C@@H](c3cc(OC)c(O)c(OC[C@H]4N[C@H](C)CC[C@]45[C@H](C(=O)O)C=C[C@H]5C4=CCNC(N)=C4)c3)O2)ccc1O. The largest absolute Gasteiger partial charge is 0.504 e. The van der Waals surface area contributed by atoms with E-state index in [1.807, 2.05) is 18.2 Å². The molecule has 1 aliphatic carbocycles. The first-order valence-electron chi connectivity index (χ1n) is 17.3. The lowest BCUT2D eigenvalue weighted by molar-refractivity contribution is -0.147. The molecular weight excluding hydrogens is 642 g/mol. The van der Waals surface area contributed by atoms with Gasteiger partial charge in [0.25, 0.3) is 0 Å². The average Bonchev–Trinajstić information content (AvgIpc) is 3.48. The molecule has 0 bridgehead atoms. The maximum Gasteiger partial charge on any atom is 0.311 e. The Kier molecular flexibility index (Phi) is 10.5. The number of aryl methyl sites for hydroxylation is 1. The summed E-state index contributed by atoms with van der Waals surface area (Å²) in [6.45, 7) is 2.73. The molecule has 0 unspecified atom stereocenters. The number of phenolic OH excluding ortho intramolecular Hbond substituents is 2. The summed E-state index contributed by atoms with van der Waals surface area (Å²) in [5.41, 5.74) is 8.05. The number of nitrogens with one attached hydrogen (secondary N) is 2. The van der Waals surface area contributed by atoms with Crippen molar-refractivity contribution in [1.82, 2.24) is 10.6 Å². The van der Waals surface area contributed by atoms with Gasteiger partial charge in [-0.25, -0.2) is 0 Å². The number of hydrogen-bond donors (Lipinski definition) is 7. The van der Waals surface area contributed by atoms with Crippen LogP contribution in [-0.4, -0.2) is 78.1 Å². The lowest BCUT2D eigenvalue weighted by Crippen LogP contribution is -2.61. The summed E-state index contributed by atoms with van der Waals surface area (Å²) in [7, 11) is 2.97. The van der Waals surface area contributed by atoms with Crippen LogP contribution in [0.5, 0.6) is 28.7 Å². The van der Waals surface area contributed by atoms with Gasteiger partial charge in [-0.1, -0.05) is 24.3 Å². The van der Waals surface area contributed by atoms with E-state index in [2.05, 4.69) is 23.6 Å². The molecule has 270 valence electrons. The van der Waals surface area contributed by atoms with Gasteiger partial charge in [-0.15, -0.1) is 0 Å². The second-order valence-corrected chi connectivity index (χ2v) is 13.9. The van der Waals surface area contributed by atoms with Crippen LogP contribution in [0.3, 0.4) is 0 Å². The smallest absolute Gasteiger partial charge is 0.311 e. The van der Waals surface area contributed by atoms with E-state index in [0.29, 0.717) is 55.8 Å². The number of aliphatic hydroxyl groups is 1. The maximum atomic E-state index is 12.8. The molecule has 2 aromatic rings. The van der Waals surface area contributed by atoms with Gasteiger partial charge in [0.05, 0.1) is 44.3 Å². The number of carboxylic acids is 1. The number of aliphatic carboxylic acids is 1. The first-order valence-corrected chi connectivity index (χ1v) is 17.3. The number of carboxylic acid groups (broad SMARTS) is 1. The van der Waals surface area contributed by atoms with E-state index in [1.54, 1.807) is 30.3 Å². The van der Waals surface area contributed by atoms with Gasteiger partial charge in [-0.2, -0.15) is 0 Å². The molecular formula is C38H49N3O9. The van der Waals surface area contributed by atoms with E-state index in [1.165, 1.54) is 14.2 Å². The van der Waals surface area contributed by atoms with Gasteiger partial charge in [0.2, 0.25) is 5.75 Å². The third-order valence-corrected chi connectivity index (χ3v) is 10.8. The van der Waals surface area contributed by atoms with Gasteiger partial charge in [0.1, 0.15) is 6.61 Å². The fraction of sp³-hybridized carbons (Fsp3) is 0.500. The Labute approximate surface area is 292 Å². The summed E-state index contributed by atoms with van der Waals surface area (Å²) in [4.78, 5) is 12.8. The highest BCUT2D eigenvalue weighted by atomic mass is 16.5. The third-order valence-electron chi connectivity index (χ3n) is 10.8. The molecule has 2 aromatic carbocycles. The molecule has 4 aliphatic rings. The van der Waals surface area contributed by atoms with Crippen molar-refractivity contribution in [3.63, 3.8) is 0 Å². The van der Waals surface area contributed by atoms with Crippen LogP contribution in [0.15, 0.2) is 66.0 Å². The van der Waals surface area contributed by atoms with E-state index < -0.39 is 29.5 Å². The highest BCUT2D eigenvalue weighted by molar-refractivity contribution is 5.75. The van der Waals surface area contributed by atoms with Crippen molar-refractivity contribution >= 4 is 5.97 Å². The number of aliphatic hydroxyl groups excluding tert-OH is 1. The molecule has 3 heterocycles. The minimum atomic E-state index is -0.893.